The number of imidazole rings is 1. The van der Waals surface area contributed by atoms with Crippen molar-refractivity contribution in [1.82, 2.24) is 29.7 Å². The molecule has 0 atom stereocenters. The van der Waals surface area contributed by atoms with E-state index in [-0.39, 0.29) is 11.8 Å². The number of anilines is 2. The van der Waals surface area contributed by atoms with Gasteiger partial charge in [0.1, 0.15) is 28.8 Å². The number of piperidine rings is 1. The van der Waals surface area contributed by atoms with Gasteiger partial charge in [0.25, 0.3) is 0 Å². The lowest BCUT2D eigenvalue weighted by Gasteiger charge is -2.28. The number of fused-ring (bicyclic) bond motifs is 1. The molecule has 10 heteroatoms. The fourth-order valence-corrected chi connectivity index (χ4v) is 4.97. The normalized spacial score (nSPS) is 16.2. The van der Waals surface area contributed by atoms with Gasteiger partial charge >= 0.3 is 6.03 Å². The Morgan fingerprint density at radius 2 is 1.70 bits per heavy atom. The molecule has 0 bridgehead atoms. The molecule has 0 aliphatic carbocycles. The first-order chi connectivity index (χ1) is 18.2. The summed E-state index contributed by atoms with van der Waals surface area (Å²) in [6.45, 7) is 5.07. The van der Waals surface area contributed by atoms with Gasteiger partial charge in [-0.2, -0.15) is 0 Å². The van der Waals surface area contributed by atoms with Crippen molar-refractivity contribution in [2.75, 3.05) is 49.5 Å². The molecule has 2 N–H and O–H groups in total. The van der Waals surface area contributed by atoms with Gasteiger partial charge in [-0.1, -0.05) is 0 Å². The zero-order valence-electron chi connectivity index (χ0n) is 20.5. The lowest BCUT2D eigenvalue weighted by molar-refractivity contribution is 0.200. The molecule has 9 nitrogen and oxygen atoms in total. The molecule has 0 saturated carbocycles. The number of hydrogen-bond donors (Lipinski definition) is 2. The van der Waals surface area contributed by atoms with Crippen LogP contribution >= 0.6 is 0 Å². The van der Waals surface area contributed by atoms with Crippen molar-refractivity contribution in [3.8, 4) is 17.1 Å². The third-order valence-electron chi connectivity index (χ3n) is 6.91. The quantitative estimate of drug-likeness (QED) is 0.439. The Labute approximate surface area is 214 Å². The van der Waals surface area contributed by atoms with Crippen LogP contribution in [0, 0.1) is 5.82 Å². The maximum atomic E-state index is 13.7. The minimum atomic E-state index is -0.308. The van der Waals surface area contributed by atoms with E-state index in [1.54, 1.807) is 18.3 Å². The van der Waals surface area contributed by atoms with E-state index in [4.69, 9.17) is 9.97 Å². The molecular weight excluding hydrogens is 471 g/mol. The first-order valence-electron chi connectivity index (χ1n) is 12.8. The van der Waals surface area contributed by atoms with E-state index in [1.165, 1.54) is 12.1 Å². The largest absolute Gasteiger partial charge is 0.354 e. The topological polar surface area (TPSA) is 91.2 Å². The molecule has 37 heavy (non-hydrogen) atoms. The highest BCUT2D eigenvalue weighted by Crippen LogP contribution is 2.30. The van der Waals surface area contributed by atoms with E-state index in [0.717, 1.165) is 81.1 Å². The van der Waals surface area contributed by atoms with E-state index in [2.05, 4.69) is 20.5 Å². The number of rotatable bonds is 4. The highest BCUT2D eigenvalue weighted by molar-refractivity contribution is 5.89. The maximum absolute atomic E-state index is 13.7. The van der Waals surface area contributed by atoms with Crippen LogP contribution in [0.15, 0.2) is 54.7 Å². The number of piperazine rings is 1. The number of pyridine rings is 2. The molecule has 5 heterocycles. The summed E-state index contributed by atoms with van der Waals surface area (Å²) in [5.41, 5.74) is 2.94. The SMILES string of the molecule is O=C(Nc1cc(-n2c(-c3ccc(F)cc3)nc3ccc(N4CCNCC4)nc32)ccn1)N1CCCCC1. The molecule has 2 amide bonds. The number of hydrogen-bond acceptors (Lipinski definition) is 6. The number of carbonyl (C=O) groups excluding carboxylic acids is 1. The Balaban J connectivity index is 1.42. The molecule has 0 unspecified atom stereocenters. The minimum Gasteiger partial charge on any atom is -0.354 e. The number of urea groups is 1. The molecule has 2 aliphatic rings. The van der Waals surface area contributed by atoms with Crippen LogP contribution in [0.4, 0.5) is 20.8 Å². The molecule has 0 radical (unpaired) electrons. The molecule has 1 aromatic carbocycles. The highest BCUT2D eigenvalue weighted by atomic mass is 19.1. The summed E-state index contributed by atoms with van der Waals surface area (Å²) >= 11 is 0. The molecule has 3 aromatic heterocycles. The van der Waals surface area contributed by atoms with E-state index in [0.29, 0.717) is 17.3 Å². The first-order valence-corrected chi connectivity index (χ1v) is 12.8. The summed E-state index contributed by atoms with van der Waals surface area (Å²) in [6, 6.07) is 13.8. The van der Waals surface area contributed by atoms with Crippen molar-refractivity contribution in [2.45, 2.75) is 19.3 Å². The van der Waals surface area contributed by atoms with E-state index < -0.39 is 0 Å². The van der Waals surface area contributed by atoms with Crippen LogP contribution in [0.5, 0.6) is 0 Å². The Morgan fingerprint density at radius 1 is 0.919 bits per heavy atom. The van der Waals surface area contributed by atoms with Crippen molar-refractivity contribution in [3.63, 3.8) is 0 Å². The molecule has 0 spiro atoms. The number of likely N-dealkylation sites (tertiary alicyclic amines) is 1. The van der Waals surface area contributed by atoms with Crippen LogP contribution in [-0.4, -0.2) is 69.7 Å². The van der Waals surface area contributed by atoms with Gasteiger partial charge in [0.2, 0.25) is 0 Å². The van der Waals surface area contributed by atoms with Crippen molar-refractivity contribution in [2.24, 2.45) is 0 Å². The van der Waals surface area contributed by atoms with Gasteiger partial charge in [0, 0.05) is 57.1 Å². The van der Waals surface area contributed by atoms with Crippen molar-refractivity contribution in [1.29, 1.82) is 0 Å². The number of nitrogens with one attached hydrogen (secondary N) is 2. The summed E-state index contributed by atoms with van der Waals surface area (Å²) in [4.78, 5) is 31.2. The predicted octanol–water partition coefficient (Wildman–Crippen LogP) is 4.05. The molecule has 2 aliphatic heterocycles. The number of amides is 2. The Morgan fingerprint density at radius 3 is 2.49 bits per heavy atom. The lowest BCUT2D eigenvalue weighted by atomic mass is 10.1. The smallest absolute Gasteiger partial charge is 0.323 e. The summed E-state index contributed by atoms with van der Waals surface area (Å²) in [7, 11) is 0. The second-order valence-electron chi connectivity index (χ2n) is 9.40. The van der Waals surface area contributed by atoms with Crippen LogP contribution in [0.1, 0.15) is 19.3 Å². The predicted molar refractivity (Wildman–Crippen MR) is 142 cm³/mol. The third kappa shape index (κ3) is 4.84. The van der Waals surface area contributed by atoms with Gasteiger partial charge in [-0.3, -0.25) is 9.88 Å². The van der Waals surface area contributed by atoms with Crippen LogP contribution < -0.4 is 15.5 Å². The molecular formula is C27H29FN8O. The molecule has 2 fully saturated rings. The number of aromatic nitrogens is 4. The number of nitrogens with zero attached hydrogens (tertiary/aromatic N) is 6. The third-order valence-corrected chi connectivity index (χ3v) is 6.91. The fourth-order valence-electron chi connectivity index (χ4n) is 4.97. The zero-order chi connectivity index (χ0) is 25.2. The molecule has 190 valence electrons. The molecule has 6 rings (SSSR count). The Kier molecular flexibility index (Phi) is 6.40. The Bertz CT molecular complexity index is 1410. The monoisotopic (exact) mass is 500 g/mol. The second kappa shape index (κ2) is 10.1. The summed E-state index contributed by atoms with van der Waals surface area (Å²) < 4.78 is 15.7. The van der Waals surface area contributed by atoms with Gasteiger partial charge in [-0.05, 0) is 61.7 Å². The van der Waals surface area contributed by atoms with Gasteiger partial charge < -0.3 is 15.1 Å². The van der Waals surface area contributed by atoms with Crippen molar-refractivity contribution < 1.29 is 9.18 Å². The van der Waals surface area contributed by atoms with Crippen LogP contribution in [0.25, 0.3) is 28.2 Å². The maximum Gasteiger partial charge on any atom is 0.323 e. The van der Waals surface area contributed by atoms with Crippen LogP contribution in [0.3, 0.4) is 0 Å². The number of halogens is 1. The van der Waals surface area contributed by atoms with Crippen LogP contribution in [-0.2, 0) is 0 Å². The van der Waals surface area contributed by atoms with Gasteiger partial charge in [-0.15, -0.1) is 0 Å². The summed E-state index contributed by atoms with van der Waals surface area (Å²) in [6.07, 6.45) is 4.86. The van der Waals surface area contributed by atoms with E-state index in [1.807, 2.05) is 33.7 Å². The molecule has 4 aromatic rings. The lowest BCUT2D eigenvalue weighted by Crippen LogP contribution is -2.43. The van der Waals surface area contributed by atoms with Gasteiger partial charge in [0.05, 0.1) is 5.69 Å². The average molecular weight is 501 g/mol. The van der Waals surface area contributed by atoms with Gasteiger partial charge in [0.15, 0.2) is 5.65 Å². The van der Waals surface area contributed by atoms with Crippen LogP contribution in [0.2, 0.25) is 0 Å². The summed E-state index contributed by atoms with van der Waals surface area (Å²) in [5, 5.41) is 6.32. The fraction of sp³-hybridized carbons (Fsp3) is 0.333. The number of benzene rings is 1. The molecule has 2 saturated heterocycles. The average Bonchev–Trinajstić information content (AvgIpc) is 3.33. The number of carbonyl (C=O) groups is 1. The highest BCUT2D eigenvalue weighted by Gasteiger charge is 2.21. The zero-order valence-corrected chi connectivity index (χ0v) is 20.5. The standard InChI is InChI=1S/C27H29FN8O/c28-20-6-4-19(5-7-20)25-31-22-8-9-24(34-16-12-29-13-17-34)33-26(22)36(25)21-10-11-30-23(18-21)32-27(37)35-14-2-1-3-15-35/h4-11,18,29H,1-3,12-17H2,(H,30,32,37). The van der Waals surface area contributed by atoms with Crippen molar-refractivity contribution >= 4 is 28.8 Å². The van der Waals surface area contributed by atoms with Crippen molar-refractivity contribution in [3.05, 3.63) is 60.5 Å². The second-order valence-corrected chi connectivity index (χ2v) is 9.40. The van der Waals surface area contributed by atoms with E-state index in [9.17, 15) is 9.18 Å². The summed E-state index contributed by atoms with van der Waals surface area (Å²) in [5.74, 6) is 1.67. The van der Waals surface area contributed by atoms with E-state index >= 15 is 0 Å². The Hall–Kier alpha value is -4.05. The minimum absolute atomic E-state index is 0.141. The first kappa shape index (κ1) is 23.4. The van der Waals surface area contributed by atoms with Gasteiger partial charge in [-0.25, -0.2) is 24.1 Å².